The van der Waals surface area contributed by atoms with Gasteiger partial charge in [-0.2, -0.15) is 0 Å². The molecule has 1 rings (SSSR count). The number of hydrogen-bond acceptors (Lipinski definition) is 5. The Kier molecular flexibility index (Phi) is 3.90. The summed E-state index contributed by atoms with van der Waals surface area (Å²) in [5.41, 5.74) is 0.652. The van der Waals surface area contributed by atoms with Crippen LogP contribution in [-0.2, 0) is 4.79 Å². The third-order valence-corrected chi connectivity index (χ3v) is 1.80. The molecule has 0 aliphatic heterocycles. The van der Waals surface area contributed by atoms with E-state index >= 15 is 0 Å². The Morgan fingerprint density at radius 1 is 1.44 bits per heavy atom. The highest BCUT2D eigenvalue weighted by Gasteiger charge is 2.20. The van der Waals surface area contributed by atoms with Gasteiger partial charge in [-0.1, -0.05) is 0 Å². The van der Waals surface area contributed by atoms with E-state index in [0.717, 1.165) is 0 Å². The van der Waals surface area contributed by atoms with Gasteiger partial charge in [-0.05, 0) is 6.92 Å². The number of nitrogens with zero attached hydrogens (tertiary/aromatic N) is 2. The summed E-state index contributed by atoms with van der Waals surface area (Å²) in [5, 5.41) is 19.4. The highest BCUT2D eigenvalue weighted by molar-refractivity contribution is 5.94. The molecule has 0 fully saturated rings. The quantitative estimate of drug-likeness (QED) is 0.603. The Balaban J connectivity index is 2.71. The number of aliphatic hydroxyl groups excluding tert-OH is 1. The Hall–Kier alpha value is -2.02. The molecule has 0 saturated heterocycles. The van der Waals surface area contributed by atoms with Crippen LogP contribution in [0.4, 0.5) is 0 Å². The van der Waals surface area contributed by atoms with Crippen LogP contribution >= 0.6 is 0 Å². The van der Waals surface area contributed by atoms with E-state index < -0.39 is 24.5 Å². The molecule has 86 valence electrons. The molecule has 0 bridgehead atoms. The molecule has 16 heavy (non-hydrogen) atoms. The number of hydrogen-bond donors (Lipinski definition) is 3. The fraction of sp³-hybridized carbons (Fsp3) is 0.333. The van der Waals surface area contributed by atoms with Gasteiger partial charge in [-0.25, -0.2) is 9.78 Å². The maximum absolute atomic E-state index is 11.4. The number of aryl methyl sites for hydroxylation is 1. The topological polar surface area (TPSA) is 112 Å². The lowest BCUT2D eigenvalue weighted by Crippen LogP contribution is -2.43. The first-order chi connectivity index (χ1) is 7.54. The van der Waals surface area contributed by atoms with Crippen LogP contribution in [0.5, 0.6) is 0 Å². The summed E-state index contributed by atoms with van der Waals surface area (Å²) < 4.78 is 0. The van der Waals surface area contributed by atoms with Gasteiger partial charge in [-0.15, -0.1) is 0 Å². The minimum Gasteiger partial charge on any atom is -0.480 e. The minimum atomic E-state index is -1.34. The number of aliphatic carboxylic acids is 1. The second-order valence-electron chi connectivity index (χ2n) is 3.09. The van der Waals surface area contributed by atoms with Crippen molar-refractivity contribution in [3.05, 3.63) is 23.8 Å². The van der Waals surface area contributed by atoms with Crippen molar-refractivity contribution < 1.29 is 19.8 Å². The smallest absolute Gasteiger partial charge is 0.328 e. The molecule has 0 aromatic carbocycles. The van der Waals surface area contributed by atoms with Crippen molar-refractivity contribution in [1.82, 2.24) is 15.3 Å². The third-order valence-electron chi connectivity index (χ3n) is 1.80. The molecule has 0 unspecified atom stereocenters. The molecule has 0 saturated carbocycles. The zero-order valence-corrected chi connectivity index (χ0v) is 8.54. The van der Waals surface area contributed by atoms with Gasteiger partial charge in [-0.3, -0.25) is 9.78 Å². The molecule has 1 aromatic heterocycles. The Bertz CT molecular complexity index is 390. The number of aromatic nitrogens is 2. The van der Waals surface area contributed by atoms with E-state index in [1.54, 1.807) is 6.92 Å². The number of carboxylic acids is 1. The summed E-state index contributed by atoms with van der Waals surface area (Å²) in [6, 6.07) is -1.34. The molecule has 7 nitrogen and oxygen atoms in total. The van der Waals surface area contributed by atoms with E-state index in [1.165, 1.54) is 12.4 Å². The fourth-order valence-electron chi connectivity index (χ4n) is 0.928. The summed E-state index contributed by atoms with van der Waals surface area (Å²) in [4.78, 5) is 29.6. The van der Waals surface area contributed by atoms with Crippen molar-refractivity contribution in [2.75, 3.05) is 6.61 Å². The van der Waals surface area contributed by atoms with Crippen molar-refractivity contribution in [1.29, 1.82) is 0 Å². The molecule has 1 atom stereocenters. The first-order valence-electron chi connectivity index (χ1n) is 4.47. The molecule has 0 spiro atoms. The summed E-state index contributed by atoms with van der Waals surface area (Å²) in [6.45, 7) is 1.03. The second kappa shape index (κ2) is 5.17. The van der Waals surface area contributed by atoms with E-state index in [4.69, 9.17) is 10.2 Å². The van der Waals surface area contributed by atoms with E-state index in [1.807, 2.05) is 0 Å². The zero-order chi connectivity index (χ0) is 12.1. The average molecular weight is 225 g/mol. The molecule has 0 radical (unpaired) electrons. The lowest BCUT2D eigenvalue weighted by Gasteiger charge is -2.10. The van der Waals surface area contributed by atoms with Gasteiger partial charge in [0, 0.05) is 6.20 Å². The van der Waals surface area contributed by atoms with Crippen LogP contribution in [-0.4, -0.2) is 44.7 Å². The van der Waals surface area contributed by atoms with Crippen molar-refractivity contribution in [2.45, 2.75) is 13.0 Å². The number of rotatable bonds is 4. The SMILES string of the molecule is Cc1cnc(C(=O)N[C@@H](CO)C(=O)O)cn1. The van der Waals surface area contributed by atoms with E-state index in [-0.39, 0.29) is 5.69 Å². The highest BCUT2D eigenvalue weighted by atomic mass is 16.4. The van der Waals surface area contributed by atoms with Crippen LogP contribution in [0.15, 0.2) is 12.4 Å². The molecule has 7 heteroatoms. The van der Waals surface area contributed by atoms with Gasteiger partial charge >= 0.3 is 5.97 Å². The molecule has 1 amide bonds. The van der Waals surface area contributed by atoms with Gasteiger partial charge in [0.05, 0.1) is 18.5 Å². The number of nitrogens with one attached hydrogen (secondary N) is 1. The number of aliphatic hydroxyl groups is 1. The predicted molar refractivity (Wildman–Crippen MR) is 52.7 cm³/mol. The number of carbonyl (C=O) groups is 2. The zero-order valence-electron chi connectivity index (χ0n) is 8.54. The molecule has 0 aliphatic carbocycles. The second-order valence-corrected chi connectivity index (χ2v) is 3.09. The fourth-order valence-corrected chi connectivity index (χ4v) is 0.928. The number of carboxylic acid groups (broad SMARTS) is 1. The molecular weight excluding hydrogens is 214 g/mol. The van der Waals surface area contributed by atoms with Gasteiger partial charge < -0.3 is 15.5 Å². The molecule has 3 N–H and O–H groups in total. The molecule has 0 aliphatic rings. The third kappa shape index (κ3) is 2.99. The molecular formula is C9H11N3O4. The van der Waals surface area contributed by atoms with Gasteiger partial charge in [0.1, 0.15) is 5.69 Å². The maximum atomic E-state index is 11.4. The standard InChI is InChI=1S/C9H11N3O4/c1-5-2-11-6(3-10-5)8(14)12-7(4-13)9(15)16/h2-3,7,13H,4H2,1H3,(H,12,14)(H,15,16)/t7-/m0/s1. The van der Waals surface area contributed by atoms with Crippen LogP contribution in [0.3, 0.4) is 0 Å². The van der Waals surface area contributed by atoms with Crippen molar-refractivity contribution >= 4 is 11.9 Å². The minimum absolute atomic E-state index is 0.00491. The van der Waals surface area contributed by atoms with Crippen molar-refractivity contribution in [3.8, 4) is 0 Å². The van der Waals surface area contributed by atoms with E-state index in [2.05, 4.69) is 15.3 Å². The maximum Gasteiger partial charge on any atom is 0.328 e. The first-order valence-corrected chi connectivity index (χ1v) is 4.47. The van der Waals surface area contributed by atoms with Crippen molar-refractivity contribution in [2.24, 2.45) is 0 Å². The normalized spacial score (nSPS) is 11.9. The Labute approximate surface area is 91.2 Å². The van der Waals surface area contributed by atoms with Gasteiger partial charge in [0.25, 0.3) is 5.91 Å². The monoisotopic (exact) mass is 225 g/mol. The lowest BCUT2D eigenvalue weighted by atomic mass is 10.3. The lowest BCUT2D eigenvalue weighted by molar-refractivity contribution is -0.140. The van der Waals surface area contributed by atoms with Crippen LogP contribution in [0, 0.1) is 6.92 Å². The first kappa shape index (κ1) is 12.1. The predicted octanol–water partition coefficient (Wildman–Crippen LogP) is -1.04. The average Bonchev–Trinajstić information content (AvgIpc) is 2.26. The number of amides is 1. The molecule has 1 aromatic rings. The van der Waals surface area contributed by atoms with Crippen LogP contribution in [0.2, 0.25) is 0 Å². The summed E-state index contributed by atoms with van der Waals surface area (Å²) in [7, 11) is 0. The van der Waals surface area contributed by atoms with Crippen LogP contribution in [0.1, 0.15) is 16.2 Å². The van der Waals surface area contributed by atoms with E-state index in [0.29, 0.717) is 5.69 Å². The van der Waals surface area contributed by atoms with Gasteiger partial charge in [0.15, 0.2) is 6.04 Å². The highest BCUT2D eigenvalue weighted by Crippen LogP contribution is 1.95. The molecule has 1 heterocycles. The Morgan fingerprint density at radius 2 is 2.12 bits per heavy atom. The Morgan fingerprint density at radius 3 is 2.56 bits per heavy atom. The largest absolute Gasteiger partial charge is 0.480 e. The summed E-state index contributed by atoms with van der Waals surface area (Å²) in [5.74, 6) is -2.00. The van der Waals surface area contributed by atoms with Gasteiger partial charge in [0.2, 0.25) is 0 Å². The van der Waals surface area contributed by atoms with E-state index in [9.17, 15) is 9.59 Å². The van der Waals surface area contributed by atoms with Crippen molar-refractivity contribution in [3.63, 3.8) is 0 Å². The summed E-state index contributed by atoms with van der Waals surface area (Å²) in [6.07, 6.45) is 2.63. The summed E-state index contributed by atoms with van der Waals surface area (Å²) >= 11 is 0. The van der Waals surface area contributed by atoms with Crippen LogP contribution in [0.25, 0.3) is 0 Å². The number of carbonyl (C=O) groups excluding carboxylic acids is 1. The van der Waals surface area contributed by atoms with Crippen LogP contribution < -0.4 is 5.32 Å².